The van der Waals surface area contributed by atoms with Gasteiger partial charge in [0.05, 0.1) is 6.42 Å². The lowest BCUT2D eigenvalue weighted by Crippen LogP contribution is -2.26. The SMILES string of the molecule is CC(C)(CNc1ccccc1)CC(=O)O. The first-order valence-electron chi connectivity index (χ1n) is 5.00. The lowest BCUT2D eigenvalue weighted by molar-refractivity contribution is -0.139. The van der Waals surface area contributed by atoms with Gasteiger partial charge < -0.3 is 10.4 Å². The van der Waals surface area contributed by atoms with Crippen LogP contribution in [0.2, 0.25) is 0 Å². The molecule has 1 aromatic carbocycles. The molecular formula is C12H17NO2. The summed E-state index contributed by atoms with van der Waals surface area (Å²) in [5.41, 5.74) is 0.790. The zero-order valence-electron chi connectivity index (χ0n) is 9.16. The Morgan fingerprint density at radius 3 is 2.47 bits per heavy atom. The summed E-state index contributed by atoms with van der Waals surface area (Å²) in [4.78, 5) is 10.6. The molecule has 3 heteroatoms. The fraction of sp³-hybridized carbons (Fsp3) is 0.417. The maximum Gasteiger partial charge on any atom is 0.303 e. The molecule has 82 valence electrons. The van der Waals surface area contributed by atoms with E-state index in [0.717, 1.165) is 5.69 Å². The van der Waals surface area contributed by atoms with Crippen LogP contribution in [0.25, 0.3) is 0 Å². The third kappa shape index (κ3) is 4.49. The van der Waals surface area contributed by atoms with Crippen LogP contribution in [0.5, 0.6) is 0 Å². The number of hydrogen-bond acceptors (Lipinski definition) is 2. The summed E-state index contributed by atoms with van der Waals surface area (Å²) in [6.07, 6.45) is 0.173. The Kier molecular flexibility index (Phi) is 3.72. The van der Waals surface area contributed by atoms with Crippen LogP contribution in [0.15, 0.2) is 30.3 Å². The van der Waals surface area contributed by atoms with E-state index in [-0.39, 0.29) is 11.8 Å². The highest BCUT2D eigenvalue weighted by Crippen LogP contribution is 2.21. The molecule has 0 fully saturated rings. The Morgan fingerprint density at radius 2 is 1.93 bits per heavy atom. The Morgan fingerprint density at radius 1 is 1.33 bits per heavy atom. The van der Waals surface area contributed by atoms with Crippen molar-refractivity contribution in [1.29, 1.82) is 0 Å². The minimum Gasteiger partial charge on any atom is -0.481 e. The zero-order valence-corrected chi connectivity index (χ0v) is 9.16. The second kappa shape index (κ2) is 4.82. The average molecular weight is 207 g/mol. The van der Waals surface area contributed by atoms with Crippen molar-refractivity contribution < 1.29 is 9.90 Å². The fourth-order valence-electron chi connectivity index (χ4n) is 1.37. The number of anilines is 1. The van der Waals surface area contributed by atoms with Gasteiger partial charge in [0.15, 0.2) is 0 Å². The predicted octanol–water partition coefficient (Wildman–Crippen LogP) is 2.60. The van der Waals surface area contributed by atoms with E-state index in [9.17, 15) is 4.79 Å². The largest absolute Gasteiger partial charge is 0.481 e. The fourth-order valence-corrected chi connectivity index (χ4v) is 1.37. The molecule has 2 N–H and O–H groups in total. The maximum absolute atomic E-state index is 10.6. The van der Waals surface area contributed by atoms with Gasteiger partial charge in [0.1, 0.15) is 0 Å². The van der Waals surface area contributed by atoms with Crippen molar-refractivity contribution in [3.05, 3.63) is 30.3 Å². The molecule has 0 amide bonds. The maximum atomic E-state index is 10.6. The molecule has 0 bridgehead atoms. The third-order valence-corrected chi connectivity index (χ3v) is 2.17. The Hall–Kier alpha value is -1.51. The van der Waals surface area contributed by atoms with Gasteiger partial charge in [0.25, 0.3) is 0 Å². The number of aliphatic carboxylic acids is 1. The molecule has 0 unspecified atom stereocenters. The normalized spacial score (nSPS) is 11.1. The van der Waals surface area contributed by atoms with Crippen LogP contribution in [0.4, 0.5) is 5.69 Å². The van der Waals surface area contributed by atoms with Crippen LogP contribution in [-0.2, 0) is 4.79 Å². The highest BCUT2D eigenvalue weighted by Gasteiger charge is 2.21. The van der Waals surface area contributed by atoms with Crippen LogP contribution in [-0.4, -0.2) is 17.6 Å². The average Bonchev–Trinajstić information content (AvgIpc) is 2.15. The highest BCUT2D eigenvalue weighted by atomic mass is 16.4. The first-order chi connectivity index (χ1) is 6.99. The second-order valence-electron chi connectivity index (χ2n) is 4.45. The minimum atomic E-state index is -0.755. The van der Waals surface area contributed by atoms with Gasteiger partial charge in [-0.05, 0) is 17.5 Å². The molecule has 0 saturated carbocycles. The van der Waals surface area contributed by atoms with E-state index in [4.69, 9.17) is 5.11 Å². The van der Waals surface area contributed by atoms with Gasteiger partial charge in [-0.25, -0.2) is 0 Å². The van der Waals surface area contributed by atoms with E-state index in [1.807, 2.05) is 44.2 Å². The molecule has 15 heavy (non-hydrogen) atoms. The topological polar surface area (TPSA) is 49.3 Å². The van der Waals surface area contributed by atoms with E-state index >= 15 is 0 Å². The van der Waals surface area contributed by atoms with Crippen molar-refractivity contribution in [2.75, 3.05) is 11.9 Å². The molecule has 0 aliphatic rings. The van der Waals surface area contributed by atoms with Crippen molar-refractivity contribution in [3.8, 4) is 0 Å². The molecule has 0 spiro atoms. The van der Waals surface area contributed by atoms with Crippen molar-refractivity contribution >= 4 is 11.7 Å². The molecule has 0 aromatic heterocycles. The molecule has 3 nitrogen and oxygen atoms in total. The van der Waals surface area contributed by atoms with Gasteiger partial charge >= 0.3 is 5.97 Å². The van der Waals surface area contributed by atoms with E-state index in [1.165, 1.54) is 0 Å². The van der Waals surface area contributed by atoms with Crippen molar-refractivity contribution in [1.82, 2.24) is 0 Å². The third-order valence-electron chi connectivity index (χ3n) is 2.17. The van der Waals surface area contributed by atoms with E-state index < -0.39 is 5.97 Å². The number of nitrogens with one attached hydrogen (secondary N) is 1. The summed E-state index contributed by atoms with van der Waals surface area (Å²) in [6.45, 7) is 4.54. The lowest BCUT2D eigenvalue weighted by atomic mass is 9.89. The Bertz CT molecular complexity index is 320. The first-order valence-corrected chi connectivity index (χ1v) is 5.00. The molecule has 0 aliphatic heterocycles. The lowest BCUT2D eigenvalue weighted by Gasteiger charge is -2.23. The molecular weight excluding hydrogens is 190 g/mol. The molecule has 0 aliphatic carbocycles. The Balaban J connectivity index is 2.46. The van der Waals surface area contributed by atoms with Gasteiger partial charge in [-0.3, -0.25) is 4.79 Å². The number of rotatable bonds is 5. The van der Waals surface area contributed by atoms with Crippen LogP contribution >= 0.6 is 0 Å². The second-order valence-corrected chi connectivity index (χ2v) is 4.45. The van der Waals surface area contributed by atoms with Gasteiger partial charge in [-0.2, -0.15) is 0 Å². The predicted molar refractivity (Wildman–Crippen MR) is 61.0 cm³/mol. The van der Waals surface area contributed by atoms with Gasteiger partial charge in [0, 0.05) is 12.2 Å². The zero-order chi connectivity index (χ0) is 11.3. The molecule has 1 rings (SSSR count). The van der Waals surface area contributed by atoms with Crippen LogP contribution in [0.1, 0.15) is 20.3 Å². The van der Waals surface area contributed by atoms with Gasteiger partial charge in [-0.1, -0.05) is 32.0 Å². The summed E-state index contributed by atoms with van der Waals surface area (Å²) in [5, 5.41) is 11.9. The molecule has 0 atom stereocenters. The molecule has 0 radical (unpaired) electrons. The number of carboxylic acid groups (broad SMARTS) is 1. The summed E-state index contributed by atoms with van der Waals surface area (Å²) in [7, 11) is 0. The molecule has 0 saturated heterocycles. The molecule has 1 aromatic rings. The Labute approximate surface area is 90.1 Å². The summed E-state index contributed by atoms with van der Waals surface area (Å²) >= 11 is 0. The van der Waals surface area contributed by atoms with Gasteiger partial charge in [-0.15, -0.1) is 0 Å². The quantitative estimate of drug-likeness (QED) is 0.780. The first kappa shape index (κ1) is 11.6. The van der Waals surface area contributed by atoms with Crippen LogP contribution in [0, 0.1) is 5.41 Å². The summed E-state index contributed by atoms with van der Waals surface area (Å²) in [5.74, 6) is -0.755. The smallest absolute Gasteiger partial charge is 0.303 e. The van der Waals surface area contributed by atoms with Crippen LogP contribution in [0.3, 0.4) is 0 Å². The summed E-state index contributed by atoms with van der Waals surface area (Å²) < 4.78 is 0. The van der Waals surface area contributed by atoms with Gasteiger partial charge in [0.2, 0.25) is 0 Å². The number of carbonyl (C=O) groups is 1. The van der Waals surface area contributed by atoms with Crippen LogP contribution < -0.4 is 5.32 Å². The number of hydrogen-bond donors (Lipinski definition) is 2. The summed E-state index contributed by atoms with van der Waals surface area (Å²) in [6, 6.07) is 9.79. The van der Waals surface area contributed by atoms with Crippen molar-refractivity contribution in [2.45, 2.75) is 20.3 Å². The van der Waals surface area contributed by atoms with E-state index in [0.29, 0.717) is 6.54 Å². The minimum absolute atomic E-state index is 0.173. The highest BCUT2D eigenvalue weighted by molar-refractivity contribution is 5.67. The number of benzene rings is 1. The van der Waals surface area contributed by atoms with E-state index in [1.54, 1.807) is 0 Å². The molecule has 0 heterocycles. The van der Waals surface area contributed by atoms with Crippen molar-refractivity contribution in [3.63, 3.8) is 0 Å². The monoisotopic (exact) mass is 207 g/mol. The number of carboxylic acids is 1. The van der Waals surface area contributed by atoms with Crippen molar-refractivity contribution in [2.24, 2.45) is 5.41 Å². The standard InChI is InChI=1S/C12H17NO2/c1-12(2,8-11(14)15)9-13-10-6-4-3-5-7-10/h3-7,13H,8-9H2,1-2H3,(H,14,15). The number of para-hydroxylation sites is 1. The van der Waals surface area contributed by atoms with E-state index in [2.05, 4.69) is 5.32 Å².